The van der Waals surface area contributed by atoms with Gasteiger partial charge in [0.05, 0.1) is 63.7 Å². The van der Waals surface area contributed by atoms with Gasteiger partial charge in [0.15, 0.2) is 5.65 Å². The third-order valence-corrected chi connectivity index (χ3v) is 14.8. The molecule has 2 aliphatic heterocycles. The van der Waals surface area contributed by atoms with Crippen LogP contribution in [0.2, 0.25) is 0 Å². The van der Waals surface area contributed by atoms with Crippen molar-refractivity contribution in [2.75, 3.05) is 72.1 Å². The maximum Gasteiger partial charge on any atom is 0.259 e. The average molecular weight is 1080 g/mol. The number of fused-ring (bicyclic) bond motifs is 4. The monoisotopic (exact) mass is 1070 g/mol. The molecule has 0 radical (unpaired) electrons. The number of aromatic nitrogens is 3. The third-order valence-electron chi connectivity index (χ3n) is 14.8. The van der Waals surface area contributed by atoms with E-state index in [1.807, 2.05) is 65.0 Å². The summed E-state index contributed by atoms with van der Waals surface area (Å²) >= 11 is 0. The number of likely N-dealkylation sites (N-methyl/N-ethyl adjacent to an activating group) is 2. The highest BCUT2D eigenvalue weighted by atomic mass is 19.1. The Labute approximate surface area is 455 Å². The number of nitrogens with one attached hydrogen (secondary N) is 4. The molecule has 5 amide bonds. The van der Waals surface area contributed by atoms with Crippen molar-refractivity contribution < 1.29 is 47.3 Å². The van der Waals surface area contributed by atoms with Gasteiger partial charge in [-0.25, -0.2) is 13.9 Å². The van der Waals surface area contributed by atoms with Crippen LogP contribution in [0, 0.1) is 11.2 Å². The Bertz CT molecular complexity index is 2950. The summed E-state index contributed by atoms with van der Waals surface area (Å²) < 4.78 is 39.9. The van der Waals surface area contributed by atoms with Crippen LogP contribution in [0.4, 0.5) is 10.2 Å². The number of rotatable bonds is 19. The van der Waals surface area contributed by atoms with Crippen LogP contribution in [0.25, 0.3) is 5.65 Å². The Kier molecular flexibility index (Phi) is 18.7. The molecule has 19 nitrogen and oxygen atoms in total. The lowest BCUT2D eigenvalue weighted by Crippen LogP contribution is -2.62. The first-order valence-corrected chi connectivity index (χ1v) is 27.0. The van der Waals surface area contributed by atoms with Crippen LogP contribution in [0.1, 0.15) is 111 Å². The highest BCUT2D eigenvalue weighted by molar-refractivity contribution is 6.00. The number of benzene rings is 3. The van der Waals surface area contributed by atoms with E-state index in [1.165, 1.54) is 28.4 Å². The van der Waals surface area contributed by atoms with Gasteiger partial charge in [-0.05, 0) is 111 Å². The van der Waals surface area contributed by atoms with Gasteiger partial charge in [-0.1, -0.05) is 51.1 Å². The second kappa shape index (κ2) is 25.5. The minimum absolute atomic E-state index is 0.120. The highest BCUT2D eigenvalue weighted by Crippen LogP contribution is 2.34. The van der Waals surface area contributed by atoms with Crippen LogP contribution in [0.3, 0.4) is 0 Å². The molecule has 78 heavy (non-hydrogen) atoms. The normalized spacial score (nSPS) is 19.1. The first-order valence-electron chi connectivity index (χ1n) is 27.0. The predicted octanol–water partition coefficient (Wildman–Crippen LogP) is 5.81. The van der Waals surface area contributed by atoms with Crippen LogP contribution >= 0.6 is 0 Å². The molecule has 5 aromatic rings. The summed E-state index contributed by atoms with van der Waals surface area (Å²) in [5.74, 6) is -0.212. The molecule has 4 N–H and O–H groups in total. The van der Waals surface area contributed by atoms with E-state index in [0.29, 0.717) is 40.5 Å². The Morgan fingerprint density at radius 1 is 0.949 bits per heavy atom. The van der Waals surface area contributed by atoms with Crippen LogP contribution in [-0.2, 0) is 48.0 Å². The van der Waals surface area contributed by atoms with E-state index in [9.17, 15) is 28.4 Å². The van der Waals surface area contributed by atoms with Gasteiger partial charge >= 0.3 is 0 Å². The molecule has 2 aromatic heterocycles. The quantitative estimate of drug-likeness (QED) is 0.0721. The molecule has 3 aliphatic rings. The zero-order valence-corrected chi connectivity index (χ0v) is 46.1. The predicted molar refractivity (Wildman–Crippen MR) is 291 cm³/mol. The number of halogens is 1. The van der Waals surface area contributed by atoms with Crippen molar-refractivity contribution >= 4 is 41.0 Å². The number of amides is 5. The van der Waals surface area contributed by atoms with E-state index in [1.54, 1.807) is 54.0 Å². The second-order valence-electron chi connectivity index (χ2n) is 21.6. The van der Waals surface area contributed by atoms with Gasteiger partial charge in [0.25, 0.3) is 5.91 Å². The van der Waals surface area contributed by atoms with Crippen LogP contribution in [0.15, 0.2) is 79.1 Å². The van der Waals surface area contributed by atoms with Crippen molar-refractivity contribution in [1.29, 1.82) is 0 Å². The first-order chi connectivity index (χ1) is 37.4. The summed E-state index contributed by atoms with van der Waals surface area (Å²) in [6.07, 6.45) is 5.81. The van der Waals surface area contributed by atoms with E-state index in [0.717, 1.165) is 36.0 Å². The Balaban J connectivity index is 0.806. The number of aryl methyl sites for hydroxylation is 1. The number of nitrogens with zero attached hydrogens (tertiary/aromatic N) is 6. The van der Waals surface area contributed by atoms with Crippen molar-refractivity contribution in [3.8, 4) is 11.5 Å². The van der Waals surface area contributed by atoms with Crippen molar-refractivity contribution in [1.82, 2.24) is 45.2 Å². The molecular weight excluding hydrogens is 1000 g/mol. The van der Waals surface area contributed by atoms with Crippen LogP contribution < -0.4 is 30.7 Å². The lowest BCUT2D eigenvalue weighted by atomic mass is 9.83. The number of carbonyl (C=O) groups is 5. The second-order valence-corrected chi connectivity index (χ2v) is 21.6. The fraction of sp³-hybridized carbons (Fsp3) is 0.500. The van der Waals surface area contributed by atoms with E-state index in [2.05, 4.69) is 43.5 Å². The Morgan fingerprint density at radius 3 is 2.50 bits per heavy atom. The first kappa shape index (κ1) is 57.0. The fourth-order valence-electron chi connectivity index (χ4n) is 10.2. The number of hydrogen-bond acceptors (Lipinski definition) is 13. The summed E-state index contributed by atoms with van der Waals surface area (Å²) in [5, 5.41) is 16.9. The number of anilines is 1. The Morgan fingerprint density at radius 2 is 1.72 bits per heavy atom. The maximum absolute atomic E-state index is 14.7. The number of ether oxygens (including phenoxy) is 4. The molecule has 4 heterocycles. The van der Waals surface area contributed by atoms with E-state index >= 15 is 0 Å². The largest absolute Gasteiger partial charge is 0.491 e. The molecule has 0 saturated heterocycles. The fourth-order valence-corrected chi connectivity index (χ4v) is 10.2. The molecule has 1 aliphatic carbocycles. The standard InChI is InChI=1S/C58H75FN10O9/c1-36-34-67(56(73)46-33-61-69-22-20-50(64-53(46)69)62-37(2)45-32-42(59)17-19-49(45)78-36)24-23-66(8)51(70)21-25-75-26-27-76-28-29-77-43-18-16-40-31-48(55(72)63-47-15-11-13-39-12-9-10-14-44(39)47)68(35-41(40)30-43)57(74)52(58(4,5)6)65-54(71)38(3)60-7/h9-10,12,14,16-20,22,30,32-33,36-38,47-48,52,60H,11,13,15,21,23-29,31,34-35H2,1-8H3,(H,62,64)(H,63,72)(H,65,71)/t36-,37-,38+,47-,48+,52-/m0/s1. The average Bonchev–Trinajstić information content (AvgIpc) is 3.94. The maximum atomic E-state index is 14.7. The van der Waals surface area contributed by atoms with Crippen molar-refractivity contribution in [2.45, 2.75) is 117 Å². The lowest BCUT2D eigenvalue weighted by Gasteiger charge is -2.41. The van der Waals surface area contributed by atoms with Gasteiger partial charge in [-0.15, -0.1) is 0 Å². The SMILES string of the molecule is CN[C@H](C)C(=O)N[C@@H](C(=O)N1Cc2cc(OCCOCCOCCC(=O)N(C)CCN3C[C@H](C)Oc4ccc(F)cc4[C@H](C)Nc4ccn5ncc(c5n4)C3=O)ccc2C[C@@H]1C(=O)N[C@H]1CCCc2ccccc21)C(C)(C)C. The van der Waals surface area contributed by atoms with Gasteiger partial charge in [0.1, 0.15) is 53.5 Å². The molecule has 3 aromatic carbocycles. The topological polar surface area (TPSA) is 210 Å². The molecule has 8 rings (SSSR count). The van der Waals surface area contributed by atoms with Gasteiger partial charge < -0.3 is 54.9 Å². The van der Waals surface area contributed by atoms with Crippen molar-refractivity contribution in [3.05, 3.63) is 118 Å². The van der Waals surface area contributed by atoms with Crippen LogP contribution in [0.5, 0.6) is 11.5 Å². The molecule has 0 fully saturated rings. The Hall–Kier alpha value is -7.16. The number of hydrogen-bond donors (Lipinski definition) is 4. The summed E-state index contributed by atoms with van der Waals surface area (Å²) in [6.45, 7) is 13.1. The van der Waals surface area contributed by atoms with E-state index in [4.69, 9.17) is 18.9 Å². The zero-order chi connectivity index (χ0) is 55.7. The van der Waals surface area contributed by atoms with Crippen LogP contribution in [-0.4, -0.2) is 150 Å². The zero-order valence-electron chi connectivity index (χ0n) is 46.1. The van der Waals surface area contributed by atoms with Gasteiger partial charge in [0.2, 0.25) is 23.6 Å². The molecule has 20 heteroatoms. The number of carbonyl (C=O) groups excluding carboxylic acids is 5. The smallest absolute Gasteiger partial charge is 0.259 e. The summed E-state index contributed by atoms with van der Waals surface area (Å²) in [4.78, 5) is 79.2. The summed E-state index contributed by atoms with van der Waals surface area (Å²) in [7, 11) is 3.37. The van der Waals surface area contributed by atoms with Gasteiger partial charge in [0, 0.05) is 44.9 Å². The van der Waals surface area contributed by atoms with Gasteiger partial charge in [-0.2, -0.15) is 5.10 Å². The minimum Gasteiger partial charge on any atom is -0.491 e. The van der Waals surface area contributed by atoms with E-state index < -0.39 is 35.5 Å². The van der Waals surface area contributed by atoms with Crippen molar-refractivity contribution in [2.24, 2.45) is 5.41 Å². The molecule has 418 valence electrons. The molecular formula is C58H75FN10O9. The molecule has 0 saturated carbocycles. The van der Waals surface area contributed by atoms with Gasteiger partial charge in [-0.3, -0.25) is 24.0 Å². The summed E-state index contributed by atoms with van der Waals surface area (Å²) in [5.41, 5.74) is 4.70. The van der Waals surface area contributed by atoms with E-state index in [-0.39, 0.29) is 107 Å². The molecule has 0 spiro atoms. The summed E-state index contributed by atoms with van der Waals surface area (Å²) in [6, 6.07) is 17.2. The molecule has 6 atom stereocenters. The third kappa shape index (κ3) is 13.9. The molecule has 2 bridgehead atoms. The highest BCUT2D eigenvalue weighted by Gasteiger charge is 2.43. The minimum atomic E-state index is -0.902. The lowest BCUT2D eigenvalue weighted by molar-refractivity contribution is -0.147. The molecule has 0 unspecified atom stereocenters. The van der Waals surface area contributed by atoms with Crippen molar-refractivity contribution in [3.63, 3.8) is 0 Å².